The number of hydrogen-bond donors (Lipinski definition) is 0. The van der Waals surface area contributed by atoms with Gasteiger partial charge in [-0.3, -0.25) is 0 Å². The Kier molecular flexibility index (Phi) is 11.7. The predicted octanol–water partition coefficient (Wildman–Crippen LogP) is 21.3. The molecular weight excluding hydrogens is 1020 g/mol. The summed E-state index contributed by atoms with van der Waals surface area (Å²) in [5.41, 5.74) is 27.7. The molecule has 0 radical (unpaired) electrons. The van der Waals surface area contributed by atoms with Crippen molar-refractivity contribution >= 4 is 34.1 Å². The van der Waals surface area contributed by atoms with E-state index in [0.717, 1.165) is 34.1 Å². The SMILES string of the molecule is CC1(C)c2ccccc2-c2ccc(N(c3ccc(-c4ccccc4)cc3)c3cccc(N(c4cccc(C5(c6ccccc6)c6ccccc6-c6ccccc65)c4)c4cccc5c4-c4ccccc4C5(c4ccccc4)c4ccccc4)c3)cc21. The molecule has 3 aliphatic carbocycles. The van der Waals surface area contributed by atoms with Crippen LogP contribution in [0.15, 0.2) is 328 Å². The van der Waals surface area contributed by atoms with Gasteiger partial charge in [0.1, 0.15) is 0 Å². The van der Waals surface area contributed by atoms with E-state index in [0.29, 0.717) is 0 Å². The van der Waals surface area contributed by atoms with Crippen molar-refractivity contribution in [1.82, 2.24) is 0 Å². The topological polar surface area (TPSA) is 6.48 Å². The van der Waals surface area contributed by atoms with Gasteiger partial charge in [-0.25, -0.2) is 0 Å². The zero-order valence-electron chi connectivity index (χ0n) is 47.6. The quantitative estimate of drug-likeness (QED) is 0.127. The maximum atomic E-state index is 2.55. The smallest absolute Gasteiger partial charge is 0.0714 e. The van der Waals surface area contributed by atoms with Gasteiger partial charge in [-0.2, -0.15) is 0 Å². The highest BCUT2D eigenvalue weighted by atomic mass is 15.2. The normalized spacial score (nSPS) is 14.0. The minimum Gasteiger partial charge on any atom is -0.310 e. The predicted molar refractivity (Wildman–Crippen MR) is 353 cm³/mol. The van der Waals surface area contributed by atoms with E-state index >= 15 is 0 Å². The lowest BCUT2D eigenvalue weighted by Crippen LogP contribution is -2.29. The lowest BCUT2D eigenvalue weighted by Gasteiger charge is -2.36. The molecule has 0 unspecified atom stereocenters. The molecule has 0 atom stereocenters. The van der Waals surface area contributed by atoms with Crippen LogP contribution >= 0.6 is 0 Å². The minimum atomic E-state index is -0.608. The van der Waals surface area contributed by atoms with E-state index in [9.17, 15) is 0 Å². The Hall–Kier alpha value is -10.5. The second-order valence-corrected chi connectivity index (χ2v) is 23.5. The van der Waals surface area contributed by atoms with Crippen molar-refractivity contribution in [3.63, 3.8) is 0 Å². The molecule has 402 valence electrons. The van der Waals surface area contributed by atoms with Gasteiger partial charge in [0, 0.05) is 39.4 Å². The molecule has 16 rings (SSSR count). The molecule has 3 aliphatic rings. The Bertz CT molecular complexity index is 4590. The molecule has 13 aromatic carbocycles. The Balaban J connectivity index is 0.957. The summed E-state index contributed by atoms with van der Waals surface area (Å²) in [5.74, 6) is 0. The molecule has 0 aromatic heterocycles. The van der Waals surface area contributed by atoms with E-state index in [1.807, 2.05) is 0 Å². The first kappa shape index (κ1) is 50.2. The van der Waals surface area contributed by atoms with Crippen molar-refractivity contribution in [2.24, 2.45) is 0 Å². The molecular formula is C83H60N2. The van der Waals surface area contributed by atoms with Gasteiger partial charge >= 0.3 is 0 Å². The molecule has 0 saturated heterocycles. The van der Waals surface area contributed by atoms with E-state index in [1.54, 1.807) is 0 Å². The molecule has 0 amide bonds. The average Bonchev–Trinajstić information content (AvgIpc) is 1.71. The molecule has 13 aromatic rings. The number of benzene rings is 13. The minimum absolute atomic E-state index is 0.190. The standard InChI is InChI=1S/C83H60N2/c1-81(2)73-42-19-15-38-68(73)71-53-52-67(56-78(71)81)84(63-50-48-58(49-51-63)57-26-7-3-8-27-57)65-36-24-37-66(55-65)85(64-35-23-34-62(54-64)83(61-32-13-6-14-33-61)74-43-20-16-39-69(74)70-40-17-21-44-75(70)83)79-47-25-46-77-80(79)72-41-18-22-45-76(72)82(77,59-28-9-4-10-29-59)60-30-11-5-12-31-60/h3-56H,1-2H3. The first-order chi connectivity index (χ1) is 41.9. The van der Waals surface area contributed by atoms with Crippen LogP contribution in [0.3, 0.4) is 0 Å². The monoisotopic (exact) mass is 1080 g/mol. The molecule has 0 saturated carbocycles. The number of hydrogen-bond acceptors (Lipinski definition) is 2. The van der Waals surface area contributed by atoms with Gasteiger partial charge in [0.05, 0.1) is 16.5 Å². The van der Waals surface area contributed by atoms with E-state index in [4.69, 9.17) is 0 Å². The van der Waals surface area contributed by atoms with Gasteiger partial charge in [0.15, 0.2) is 0 Å². The fourth-order valence-corrected chi connectivity index (χ4v) is 15.2. The van der Waals surface area contributed by atoms with E-state index in [2.05, 4.69) is 351 Å². The first-order valence-electron chi connectivity index (χ1n) is 29.7. The molecule has 85 heavy (non-hydrogen) atoms. The van der Waals surface area contributed by atoms with Crippen molar-refractivity contribution in [2.45, 2.75) is 30.1 Å². The van der Waals surface area contributed by atoms with Crippen molar-refractivity contribution in [2.75, 3.05) is 9.80 Å². The van der Waals surface area contributed by atoms with Crippen LogP contribution in [0.4, 0.5) is 34.1 Å². The highest BCUT2D eigenvalue weighted by Crippen LogP contribution is 2.61. The van der Waals surface area contributed by atoms with Gasteiger partial charge in [-0.1, -0.05) is 281 Å². The summed E-state index contributed by atoms with van der Waals surface area (Å²) in [5, 5.41) is 0. The van der Waals surface area contributed by atoms with Gasteiger partial charge in [-0.15, -0.1) is 0 Å². The Morgan fingerprint density at radius 3 is 1.19 bits per heavy atom. The highest BCUT2D eigenvalue weighted by Gasteiger charge is 2.49. The Labute approximate surface area is 498 Å². The number of nitrogens with zero attached hydrogens (tertiary/aromatic N) is 2. The van der Waals surface area contributed by atoms with Crippen molar-refractivity contribution in [1.29, 1.82) is 0 Å². The van der Waals surface area contributed by atoms with Crippen LogP contribution in [0.25, 0.3) is 44.5 Å². The van der Waals surface area contributed by atoms with Crippen LogP contribution in [-0.4, -0.2) is 0 Å². The summed E-state index contributed by atoms with van der Waals surface area (Å²) in [4.78, 5) is 5.02. The second-order valence-electron chi connectivity index (χ2n) is 23.5. The summed E-state index contributed by atoms with van der Waals surface area (Å²) < 4.78 is 0. The second kappa shape index (κ2) is 19.8. The number of fused-ring (bicyclic) bond motifs is 9. The summed E-state index contributed by atoms with van der Waals surface area (Å²) >= 11 is 0. The maximum absolute atomic E-state index is 2.55. The fourth-order valence-electron chi connectivity index (χ4n) is 15.2. The van der Waals surface area contributed by atoms with E-state index in [-0.39, 0.29) is 5.41 Å². The third-order valence-corrected chi connectivity index (χ3v) is 18.8. The van der Waals surface area contributed by atoms with Crippen LogP contribution in [0, 0.1) is 0 Å². The third kappa shape index (κ3) is 7.58. The van der Waals surface area contributed by atoms with Crippen LogP contribution in [0.1, 0.15) is 69.5 Å². The van der Waals surface area contributed by atoms with E-state index < -0.39 is 10.8 Å². The maximum Gasteiger partial charge on any atom is 0.0714 e. The first-order valence-corrected chi connectivity index (χ1v) is 29.7. The molecule has 0 spiro atoms. The van der Waals surface area contributed by atoms with Gasteiger partial charge < -0.3 is 9.80 Å². The summed E-state index contributed by atoms with van der Waals surface area (Å²) in [6, 6.07) is 122. The lowest BCUT2D eigenvalue weighted by molar-refractivity contribution is 0.660. The van der Waals surface area contributed by atoms with Crippen LogP contribution in [0.2, 0.25) is 0 Å². The molecule has 0 N–H and O–H groups in total. The molecule has 2 nitrogen and oxygen atoms in total. The lowest BCUT2D eigenvalue weighted by atomic mass is 9.67. The van der Waals surface area contributed by atoms with Gasteiger partial charge in [0.2, 0.25) is 0 Å². The third-order valence-electron chi connectivity index (χ3n) is 18.8. The van der Waals surface area contributed by atoms with Crippen molar-refractivity contribution in [3.05, 3.63) is 383 Å². The zero-order valence-corrected chi connectivity index (χ0v) is 47.6. The van der Waals surface area contributed by atoms with Crippen molar-refractivity contribution in [3.8, 4) is 44.5 Å². The van der Waals surface area contributed by atoms with Crippen LogP contribution < -0.4 is 9.80 Å². The largest absolute Gasteiger partial charge is 0.310 e. The molecule has 0 bridgehead atoms. The number of rotatable bonds is 11. The van der Waals surface area contributed by atoms with Crippen LogP contribution in [-0.2, 0) is 16.2 Å². The zero-order chi connectivity index (χ0) is 56.7. The summed E-state index contributed by atoms with van der Waals surface area (Å²) in [6.45, 7) is 4.75. The molecule has 0 aliphatic heterocycles. The van der Waals surface area contributed by atoms with Gasteiger partial charge in [-0.05, 0) is 155 Å². The van der Waals surface area contributed by atoms with Gasteiger partial charge in [0.25, 0.3) is 0 Å². The molecule has 2 heteroatoms. The van der Waals surface area contributed by atoms with Crippen molar-refractivity contribution < 1.29 is 0 Å². The molecule has 0 heterocycles. The van der Waals surface area contributed by atoms with E-state index in [1.165, 1.54) is 100 Å². The summed E-state index contributed by atoms with van der Waals surface area (Å²) in [6.07, 6.45) is 0. The Morgan fingerprint density at radius 1 is 0.224 bits per heavy atom. The average molecular weight is 1090 g/mol. The Morgan fingerprint density at radius 2 is 0.600 bits per heavy atom. The summed E-state index contributed by atoms with van der Waals surface area (Å²) in [7, 11) is 0. The highest BCUT2D eigenvalue weighted by molar-refractivity contribution is 5.99. The van der Waals surface area contributed by atoms with Crippen LogP contribution in [0.5, 0.6) is 0 Å². The number of anilines is 6. The fraction of sp³-hybridized carbons (Fsp3) is 0.0602. The molecule has 0 fully saturated rings.